The molecule has 1 aromatic carbocycles. The molecular formula is C17H15N3O5. The maximum atomic E-state index is 11.5. The number of carbonyl (C=O) groups is 1. The van der Waals surface area contributed by atoms with Crippen molar-refractivity contribution in [3.8, 4) is 11.8 Å². The van der Waals surface area contributed by atoms with Crippen molar-refractivity contribution >= 4 is 11.8 Å². The third-order valence-corrected chi connectivity index (χ3v) is 3.06. The normalized spacial score (nSPS) is 9.60. The maximum Gasteiger partial charge on any atom is 0.407 e. The predicted octanol–water partition coefficient (Wildman–Crippen LogP) is 1.90. The van der Waals surface area contributed by atoms with Crippen LogP contribution in [-0.2, 0) is 11.3 Å². The minimum Gasteiger partial charge on any atom is -0.619 e. The first-order chi connectivity index (χ1) is 12.1. The van der Waals surface area contributed by atoms with E-state index in [-0.39, 0.29) is 30.8 Å². The van der Waals surface area contributed by atoms with E-state index in [1.165, 1.54) is 0 Å². The van der Waals surface area contributed by atoms with E-state index >= 15 is 0 Å². The average Bonchev–Trinajstić information content (AvgIpc) is 2.60. The maximum absolute atomic E-state index is 11.5. The second kappa shape index (κ2) is 8.88. The van der Waals surface area contributed by atoms with Gasteiger partial charge in [0.05, 0.1) is 11.0 Å². The molecule has 1 N–H and O–H groups in total. The van der Waals surface area contributed by atoms with Crippen LogP contribution in [0.5, 0.6) is 0 Å². The van der Waals surface area contributed by atoms with E-state index in [0.717, 1.165) is 24.0 Å². The van der Waals surface area contributed by atoms with Gasteiger partial charge in [-0.2, -0.15) is 4.73 Å². The number of hydrogen-bond acceptors (Lipinski definition) is 5. The lowest BCUT2D eigenvalue weighted by Crippen LogP contribution is -2.25. The van der Waals surface area contributed by atoms with Crippen LogP contribution in [0, 0.1) is 27.2 Å². The van der Waals surface area contributed by atoms with Crippen molar-refractivity contribution in [1.82, 2.24) is 5.32 Å². The lowest BCUT2D eigenvalue weighted by molar-refractivity contribution is -0.606. The van der Waals surface area contributed by atoms with Crippen molar-refractivity contribution in [3.05, 3.63) is 75.2 Å². The Bertz CT molecular complexity index is 812. The molecule has 2 rings (SSSR count). The Kier molecular flexibility index (Phi) is 6.31. The number of rotatable bonds is 5. The highest BCUT2D eigenvalue weighted by Crippen LogP contribution is 2.13. The highest BCUT2D eigenvalue weighted by Gasteiger charge is 2.14. The first-order valence-corrected chi connectivity index (χ1v) is 7.37. The third kappa shape index (κ3) is 5.84. The van der Waals surface area contributed by atoms with Crippen molar-refractivity contribution in [1.29, 1.82) is 0 Å². The Morgan fingerprint density at radius 1 is 1.28 bits per heavy atom. The molecule has 0 bridgehead atoms. The summed E-state index contributed by atoms with van der Waals surface area (Å²) in [6.45, 7) is 0.386. The van der Waals surface area contributed by atoms with Gasteiger partial charge in [0.1, 0.15) is 6.61 Å². The standard InChI is InChI=1S/C17H15N3O5/c21-17(25-13-14-6-2-1-3-7-14)18-10-5-4-8-15-12-19(22)11-9-16(15)20(23)24/h1-3,6-7,9,11-12H,5,10,13H2,(H,18,21). The molecule has 1 aromatic heterocycles. The van der Waals surface area contributed by atoms with Gasteiger partial charge < -0.3 is 15.3 Å². The summed E-state index contributed by atoms with van der Waals surface area (Å²) in [5, 5.41) is 24.6. The highest BCUT2D eigenvalue weighted by atomic mass is 16.6. The molecule has 0 aliphatic rings. The highest BCUT2D eigenvalue weighted by molar-refractivity contribution is 5.67. The molecular weight excluding hydrogens is 326 g/mol. The van der Waals surface area contributed by atoms with Crippen LogP contribution in [0.3, 0.4) is 0 Å². The van der Waals surface area contributed by atoms with E-state index in [2.05, 4.69) is 17.2 Å². The SMILES string of the molecule is O=C(NCCC#Cc1c[n+]([O-])ccc1[N+](=O)[O-])OCc1ccccc1. The second-order valence-electron chi connectivity index (χ2n) is 4.90. The molecule has 0 saturated heterocycles. The van der Waals surface area contributed by atoms with E-state index in [1.54, 1.807) is 0 Å². The molecule has 1 heterocycles. The number of benzene rings is 1. The molecule has 0 spiro atoms. The van der Waals surface area contributed by atoms with Gasteiger partial charge in [-0.15, -0.1) is 0 Å². The summed E-state index contributed by atoms with van der Waals surface area (Å²) in [7, 11) is 0. The zero-order valence-corrected chi connectivity index (χ0v) is 13.2. The second-order valence-corrected chi connectivity index (χ2v) is 4.90. The van der Waals surface area contributed by atoms with Gasteiger partial charge >= 0.3 is 6.09 Å². The minimum absolute atomic E-state index is 0.0224. The number of carbonyl (C=O) groups excluding carboxylic acids is 1. The summed E-state index contributed by atoms with van der Waals surface area (Å²) in [5.41, 5.74) is 0.656. The van der Waals surface area contributed by atoms with Crippen LogP contribution >= 0.6 is 0 Å². The van der Waals surface area contributed by atoms with Crippen LogP contribution in [0.15, 0.2) is 48.8 Å². The van der Waals surface area contributed by atoms with Crippen LogP contribution in [0.25, 0.3) is 0 Å². The van der Waals surface area contributed by atoms with Crippen LogP contribution in [0.2, 0.25) is 0 Å². The van der Waals surface area contributed by atoms with E-state index in [4.69, 9.17) is 4.74 Å². The molecule has 8 nitrogen and oxygen atoms in total. The first-order valence-electron chi connectivity index (χ1n) is 7.37. The number of aromatic nitrogens is 1. The molecule has 0 unspecified atom stereocenters. The fourth-order valence-electron chi connectivity index (χ4n) is 1.88. The Labute approximate surface area is 143 Å². The summed E-state index contributed by atoms with van der Waals surface area (Å²) in [6.07, 6.45) is 1.75. The smallest absolute Gasteiger partial charge is 0.407 e. The summed E-state index contributed by atoms with van der Waals surface area (Å²) in [6, 6.07) is 10.3. The molecule has 0 aliphatic carbocycles. The van der Waals surface area contributed by atoms with Gasteiger partial charge in [0.25, 0.3) is 5.69 Å². The molecule has 8 heteroatoms. The van der Waals surface area contributed by atoms with Gasteiger partial charge in [-0.05, 0) is 5.56 Å². The Hall–Kier alpha value is -3.60. The number of pyridine rings is 1. The fraction of sp³-hybridized carbons (Fsp3) is 0.176. The quantitative estimate of drug-likeness (QED) is 0.223. The molecule has 1 amide bonds. The zero-order chi connectivity index (χ0) is 18.1. The van der Waals surface area contributed by atoms with Crippen molar-refractivity contribution in [2.45, 2.75) is 13.0 Å². The summed E-state index contributed by atoms with van der Waals surface area (Å²) in [5.74, 6) is 5.24. The van der Waals surface area contributed by atoms with Gasteiger partial charge in [0.2, 0.25) is 6.20 Å². The summed E-state index contributed by atoms with van der Waals surface area (Å²) >= 11 is 0. The lowest BCUT2D eigenvalue weighted by Gasteiger charge is -2.05. The number of alkyl carbamates (subject to hydrolysis) is 1. The zero-order valence-electron chi connectivity index (χ0n) is 13.2. The van der Waals surface area contributed by atoms with Crippen LogP contribution in [0.4, 0.5) is 10.5 Å². The molecule has 2 aromatic rings. The number of ether oxygens (including phenoxy) is 1. The summed E-state index contributed by atoms with van der Waals surface area (Å²) in [4.78, 5) is 21.8. The molecule has 0 fully saturated rings. The molecule has 0 saturated carbocycles. The Morgan fingerprint density at radius 3 is 2.76 bits per heavy atom. The van der Waals surface area contributed by atoms with Crippen molar-refractivity contribution < 1.29 is 19.2 Å². The van der Waals surface area contributed by atoms with E-state index < -0.39 is 11.0 Å². The van der Waals surface area contributed by atoms with Crippen LogP contribution in [-0.4, -0.2) is 17.6 Å². The number of nitro groups is 1. The first kappa shape index (κ1) is 17.7. The molecule has 25 heavy (non-hydrogen) atoms. The number of nitrogens with zero attached hydrogens (tertiary/aromatic N) is 2. The van der Waals surface area contributed by atoms with Gasteiger partial charge in [0, 0.05) is 13.0 Å². The number of hydrogen-bond donors (Lipinski definition) is 1. The van der Waals surface area contributed by atoms with Crippen LogP contribution < -0.4 is 10.0 Å². The van der Waals surface area contributed by atoms with Crippen molar-refractivity contribution in [2.24, 2.45) is 0 Å². The van der Waals surface area contributed by atoms with Crippen LogP contribution in [0.1, 0.15) is 17.5 Å². The number of nitrogens with one attached hydrogen (secondary N) is 1. The predicted molar refractivity (Wildman–Crippen MR) is 88.2 cm³/mol. The minimum atomic E-state index is -0.608. The molecule has 0 aliphatic heterocycles. The lowest BCUT2D eigenvalue weighted by atomic mass is 10.2. The van der Waals surface area contributed by atoms with E-state index in [9.17, 15) is 20.1 Å². The summed E-state index contributed by atoms with van der Waals surface area (Å²) < 4.78 is 5.47. The third-order valence-electron chi connectivity index (χ3n) is 3.06. The average molecular weight is 341 g/mol. The van der Waals surface area contributed by atoms with Gasteiger partial charge in [-0.25, -0.2) is 4.79 Å². The molecule has 0 atom stereocenters. The molecule has 128 valence electrons. The van der Waals surface area contributed by atoms with E-state index in [1.807, 2.05) is 30.3 Å². The monoisotopic (exact) mass is 341 g/mol. The van der Waals surface area contributed by atoms with Crippen molar-refractivity contribution in [2.75, 3.05) is 6.54 Å². The Balaban J connectivity index is 1.78. The van der Waals surface area contributed by atoms with E-state index in [0.29, 0.717) is 4.73 Å². The fourth-order valence-corrected chi connectivity index (χ4v) is 1.88. The molecule has 0 radical (unpaired) electrons. The van der Waals surface area contributed by atoms with Gasteiger partial charge in [0.15, 0.2) is 11.8 Å². The topological polar surface area (TPSA) is 108 Å². The van der Waals surface area contributed by atoms with Crippen molar-refractivity contribution in [3.63, 3.8) is 0 Å². The van der Waals surface area contributed by atoms with Gasteiger partial charge in [-0.3, -0.25) is 10.1 Å². The number of amides is 1. The Morgan fingerprint density at radius 2 is 2.04 bits per heavy atom. The largest absolute Gasteiger partial charge is 0.619 e. The van der Waals surface area contributed by atoms with Gasteiger partial charge in [-0.1, -0.05) is 42.2 Å².